The molecule has 2 aromatic carbocycles. The molecule has 1 aliphatic rings. The van der Waals surface area contributed by atoms with Crippen LogP contribution in [-0.4, -0.2) is 11.9 Å². The Labute approximate surface area is 132 Å². The fourth-order valence-electron chi connectivity index (χ4n) is 2.69. The number of halogens is 1. The van der Waals surface area contributed by atoms with Crippen molar-refractivity contribution in [3.05, 3.63) is 63.6 Å². The predicted octanol–water partition coefficient (Wildman–Crippen LogP) is 3.48. The third-order valence-electron chi connectivity index (χ3n) is 4.12. The number of nitrogens with zero attached hydrogens (tertiary/aromatic N) is 1. The Bertz CT molecular complexity index is 696. The van der Waals surface area contributed by atoms with Gasteiger partial charge in [-0.05, 0) is 54.8 Å². The molecular weight excluding hydrogens is 328 g/mol. The number of carbonyl (C=O) groups is 1. The molecule has 108 valence electrons. The minimum Gasteiger partial charge on any atom is -0.318 e. The van der Waals surface area contributed by atoms with Crippen LogP contribution < -0.4 is 10.6 Å². The van der Waals surface area contributed by atoms with E-state index in [0.717, 1.165) is 15.7 Å². The number of carbonyl (C=O) groups excluding carboxylic acids is 1. The van der Waals surface area contributed by atoms with Crippen LogP contribution in [-0.2, 0) is 4.79 Å². The summed E-state index contributed by atoms with van der Waals surface area (Å²) >= 11 is 3.43. The molecule has 3 nitrogen and oxygen atoms in total. The lowest BCUT2D eigenvalue weighted by Crippen LogP contribution is -2.63. The maximum atomic E-state index is 12.2. The van der Waals surface area contributed by atoms with Gasteiger partial charge in [0.25, 0.3) is 0 Å². The van der Waals surface area contributed by atoms with E-state index in [-0.39, 0.29) is 11.9 Å². The molecule has 1 heterocycles. The minimum absolute atomic E-state index is 0.0221. The van der Waals surface area contributed by atoms with Crippen molar-refractivity contribution < 1.29 is 4.79 Å². The van der Waals surface area contributed by atoms with Crippen LogP contribution in [0.3, 0.4) is 0 Å². The number of rotatable bonds is 2. The first kappa shape index (κ1) is 14.3. The van der Waals surface area contributed by atoms with E-state index in [1.165, 1.54) is 11.1 Å². The van der Waals surface area contributed by atoms with Crippen LogP contribution in [0.15, 0.2) is 46.9 Å². The summed E-state index contributed by atoms with van der Waals surface area (Å²) in [5.41, 5.74) is 10.4. The molecule has 4 heteroatoms. The molecule has 0 spiro atoms. The van der Waals surface area contributed by atoms with Gasteiger partial charge in [0.2, 0.25) is 5.91 Å². The molecule has 0 unspecified atom stereocenters. The highest BCUT2D eigenvalue weighted by atomic mass is 79.9. The fraction of sp³-hybridized carbons (Fsp3) is 0.235. The van der Waals surface area contributed by atoms with Crippen LogP contribution in [0.25, 0.3) is 0 Å². The molecule has 0 bridgehead atoms. The molecule has 1 saturated heterocycles. The van der Waals surface area contributed by atoms with E-state index in [1.807, 2.05) is 42.5 Å². The Kier molecular flexibility index (Phi) is 3.59. The first-order valence-corrected chi connectivity index (χ1v) is 7.69. The first-order chi connectivity index (χ1) is 9.99. The van der Waals surface area contributed by atoms with Crippen LogP contribution in [0.2, 0.25) is 0 Å². The molecule has 0 radical (unpaired) electrons. The topological polar surface area (TPSA) is 46.3 Å². The van der Waals surface area contributed by atoms with Crippen molar-refractivity contribution in [2.75, 3.05) is 4.90 Å². The lowest BCUT2D eigenvalue weighted by Gasteiger charge is -2.45. The summed E-state index contributed by atoms with van der Waals surface area (Å²) in [5.74, 6) is -0.0221. The smallest absolute Gasteiger partial charge is 0.247 e. The molecule has 0 saturated carbocycles. The molecule has 21 heavy (non-hydrogen) atoms. The molecule has 3 rings (SSSR count). The number of hydrogen-bond donors (Lipinski definition) is 1. The summed E-state index contributed by atoms with van der Waals surface area (Å²) in [7, 11) is 0. The third kappa shape index (κ3) is 2.39. The highest BCUT2D eigenvalue weighted by Crippen LogP contribution is 2.38. The molecule has 2 atom stereocenters. The Hall–Kier alpha value is -1.65. The quantitative estimate of drug-likeness (QED) is 0.847. The highest BCUT2D eigenvalue weighted by molar-refractivity contribution is 9.10. The monoisotopic (exact) mass is 344 g/mol. The number of aryl methyl sites for hydroxylation is 2. The third-order valence-corrected chi connectivity index (χ3v) is 4.65. The van der Waals surface area contributed by atoms with Crippen molar-refractivity contribution in [1.82, 2.24) is 0 Å². The molecule has 1 aliphatic heterocycles. The van der Waals surface area contributed by atoms with E-state index < -0.39 is 6.04 Å². The summed E-state index contributed by atoms with van der Waals surface area (Å²) in [6, 6.07) is 13.5. The van der Waals surface area contributed by atoms with Crippen molar-refractivity contribution in [2.24, 2.45) is 5.73 Å². The first-order valence-electron chi connectivity index (χ1n) is 6.90. The maximum Gasteiger partial charge on any atom is 0.247 e. The van der Waals surface area contributed by atoms with Crippen LogP contribution in [0.1, 0.15) is 22.7 Å². The second-order valence-electron chi connectivity index (χ2n) is 5.50. The Balaban J connectivity index is 1.98. The lowest BCUT2D eigenvalue weighted by atomic mass is 9.88. The molecule has 1 amide bonds. The van der Waals surface area contributed by atoms with Crippen molar-refractivity contribution in [3.8, 4) is 0 Å². The molecule has 2 aromatic rings. The Morgan fingerprint density at radius 3 is 2.33 bits per heavy atom. The van der Waals surface area contributed by atoms with Crippen molar-refractivity contribution in [3.63, 3.8) is 0 Å². The van der Waals surface area contributed by atoms with Gasteiger partial charge < -0.3 is 10.6 Å². The zero-order valence-electron chi connectivity index (χ0n) is 12.0. The Morgan fingerprint density at radius 1 is 1.05 bits per heavy atom. The van der Waals surface area contributed by atoms with E-state index in [9.17, 15) is 4.79 Å². The summed E-state index contributed by atoms with van der Waals surface area (Å²) < 4.78 is 1.02. The van der Waals surface area contributed by atoms with E-state index in [2.05, 4.69) is 29.8 Å². The number of benzene rings is 2. The number of amides is 1. The van der Waals surface area contributed by atoms with Crippen molar-refractivity contribution >= 4 is 27.5 Å². The van der Waals surface area contributed by atoms with Gasteiger partial charge >= 0.3 is 0 Å². The number of anilines is 1. The minimum atomic E-state index is -0.465. The lowest BCUT2D eigenvalue weighted by molar-refractivity contribution is -0.126. The fourth-order valence-corrected chi connectivity index (χ4v) is 2.96. The van der Waals surface area contributed by atoms with Gasteiger partial charge in [0.1, 0.15) is 6.04 Å². The molecule has 0 aliphatic carbocycles. The van der Waals surface area contributed by atoms with Crippen molar-refractivity contribution in [2.45, 2.75) is 25.9 Å². The summed E-state index contributed by atoms with van der Waals surface area (Å²) in [6.07, 6.45) is 0. The highest BCUT2D eigenvalue weighted by Gasteiger charge is 2.46. The summed E-state index contributed by atoms with van der Waals surface area (Å²) in [4.78, 5) is 14.0. The Morgan fingerprint density at radius 2 is 1.71 bits per heavy atom. The van der Waals surface area contributed by atoms with Gasteiger partial charge in [-0.2, -0.15) is 0 Å². The maximum absolute atomic E-state index is 12.2. The number of β-lactam (4-membered cyclic amide) rings is 1. The van der Waals surface area contributed by atoms with Crippen LogP contribution in [0.4, 0.5) is 5.69 Å². The zero-order chi connectivity index (χ0) is 15.1. The zero-order valence-corrected chi connectivity index (χ0v) is 13.6. The molecule has 1 fully saturated rings. The largest absolute Gasteiger partial charge is 0.318 e. The summed E-state index contributed by atoms with van der Waals surface area (Å²) in [6.45, 7) is 4.12. The van der Waals surface area contributed by atoms with Gasteiger partial charge in [-0.1, -0.05) is 34.1 Å². The van der Waals surface area contributed by atoms with E-state index in [4.69, 9.17) is 5.73 Å². The number of nitrogens with two attached hydrogens (primary N) is 1. The van der Waals surface area contributed by atoms with E-state index in [0.29, 0.717) is 0 Å². The van der Waals surface area contributed by atoms with Gasteiger partial charge in [-0.15, -0.1) is 0 Å². The van der Waals surface area contributed by atoms with Crippen LogP contribution in [0.5, 0.6) is 0 Å². The van der Waals surface area contributed by atoms with Gasteiger partial charge in [0.15, 0.2) is 0 Å². The van der Waals surface area contributed by atoms with Gasteiger partial charge in [0.05, 0.1) is 6.04 Å². The SMILES string of the molecule is Cc1ccc(N2C(=O)[C@H](N)[C@H]2c2ccc(Br)cc2)cc1C. The number of hydrogen-bond acceptors (Lipinski definition) is 2. The van der Waals surface area contributed by atoms with Crippen LogP contribution in [0, 0.1) is 13.8 Å². The summed E-state index contributed by atoms with van der Waals surface area (Å²) in [5, 5.41) is 0. The van der Waals surface area contributed by atoms with E-state index in [1.54, 1.807) is 4.90 Å². The van der Waals surface area contributed by atoms with Gasteiger partial charge in [0, 0.05) is 10.2 Å². The molecule has 2 N–H and O–H groups in total. The van der Waals surface area contributed by atoms with Gasteiger partial charge in [-0.3, -0.25) is 4.79 Å². The van der Waals surface area contributed by atoms with E-state index >= 15 is 0 Å². The van der Waals surface area contributed by atoms with Crippen LogP contribution >= 0.6 is 15.9 Å². The second kappa shape index (κ2) is 5.28. The predicted molar refractivity (Wildman–Crippen MR) is 88.3 cm³/mol. The van der Waals surface area contributed by atoms with Crippen molar-refractivity contribution in [1.29, 1.82) is 0 Å². The standard InChI is InChI=1S/C17H17BrN2O/c1-10-3-8-14(9-11(10)2)20-16(15(19)17(20)21)12-4-6-13(18)7-5-12/h3-9,15-16H,19H2,1-2H3/t15-,16-/m1/s1. The molecular formula is C17H17BrN2O. The van der Waals surface area contributed by atoms with Gasteiger partial charge in [-0.25, -0.2) is 0 Å². The second-order valence-corrected chi connectivity index (χ2v) is 6.41. The normalized spacial score (nSPS) is 21.3. The molecule has 0 aromatic heterocycles. The average molecular weight is 345 g/mol. The average Bonchev–Trinajstić information content (AvgIpc) is 2.48.